The topological polar surface area (TPSA) is 21.3 Å². The van der Waals surface area contributed by atoms with E-state index in [9.17, 15) is 0 Å². The van der Waals surface area contributed by atoms with Gasteiger partial charge in [0.2, 0.25) is 0 Å². The van der Waals surface area contributed by atoms with Gasteiger partial charge in [-0.2, -0.15) is 0 Å². The van der Waals surface area contributed by atoms with Crippen LogP contribution in [0.3, 0.4) is 0 Å². The Kier molecular flexibility index (Phi) is 3.73. The van der Waals surface area contributed by atoms with Gasteiger partial charge < -0.3 is 10.1 Å². The second kappa shape index (κ2) is 4.96. The quantitative estimate of drug-likeness (QED) is 0.812. The van der Waals surface area contributed by atoms with E-state index in [1.165, 1.54) is 32.1 Å². The lowest BCUT2D eigenvalue weighted by Gasteiger charge is -2.57. The molecule has 1 N–H and O–H groups in total. The molecule has 0 aromatic heterocycles. The van der Waals surface area contributed by atoms with Crippen LogP contribution in [-0.4, -0.2) is 24.8 Å². The van der Waals surface area contributed by atoms with Crippen LogP contribution in [0.15, 0.2) is 0 Å². The van der Waals surface area contributed by atoms with Gasteiger partial charge in [-0.3, -0.25) is 0 Å². The molecule has 3 saturated carbocycles. The summed E-state index contributed by atoms with van der Waals surface area (Å²) >= 11 is 0. The molecule has 0 aromatic rings. The van der Waals surface area contributed by atoms with Gasteiger partial charge in [-0.1, -0.05) is 34.6 Å². The predicted molar refractivity (Wildman–Crippen MR) is 88.4 cm³/mol. The van der Waals surface area contributed by atoms with Crippen LogP contribution < -0.4 is 5.32 Å². The summed E-state index contributed by atoms with van der Waals surface area (Å²) in [6.45, 7) is 15.3. The third-order valence-corrected chi connectivity index (χ3v) is 7.75. The Morgan fingerprint density at radius 1 is 1.14 bits per heavy atom. The first-order valence-electron chi connectivity index (χ1n) is 9.15. The average Bonchev–Trinajstić information content (AvgIpc) is 2.91. The van der Waals surface area contributed by atoms with Crippen LogP contribution in [0.4, 0.5) is 0 Å². The minimum Gasteiger partial charge on any atom is -0.378 e. The van der Waals surface area contributed by atoms with E-state index >= 15 is 0 Å². The minimum absolute atomic E-state index is 0.324. The summed E-state index contributed by atoms with van der Waals surface area (Å²) < 4.78 is 5.98. The molecule has 6 unspecified atom stereocenters. The lowest BCUT2D eigenvalue weighted by molar-refractivity contribution is -0.134. The van der Waals surface area contributed by atoms with E-state index in [1.807, 2.05) is 0 Å². The van der Waals surface area contributed by atoms with Crippen molar-refractivity contribution in [2.24, 2.45) is 22.2 Å². The largest absolute Gasteiger partial charge is 0.378 e. The molecule has 3 rings (SSSR count). The highest BCUT2D eigenvalue weighted by Crippen LogP contribution is 2.63. The second-order valence-corrected chi connectivity index (χ2v) is 9.11. The van der Waals surface area contributed by atoms with Crippen molar-refractivity contribution in [3.05, 3.63) is 0 Å². The van der Waals surface area contributed by atoms with Gasteiger partial charge in [-0.15, -0.1) is 0 Å². The van der Waals surface area contributed by atoms with Gasteiger partial charge in [0, 0.05) is 24.1 Å². The molecule has 3 fully saturated rings. The SMILES string of the molecule is CCOC1CC(NC2C3(C)CCC(C3)C2(C)C)C1(C)CC. The highest BCUT2D eigenvalue weighted by molar-refractivity contribution is 5.15. The minimum atomic E-state index is 0.324. The van der Waals surface area contributed by atoms with Gasteiger partial charge in [0.15, 0.2) is 0 Å². The molecule has 0 aromatic carbocycles. The van der Waals surface area contributed by atoms with Crippen LogP contribution in [-0.2, 0) is 4.74 Å². The van der Waals surface area contributed by atoms with Gasteiger partial charge in [0.1, 0.15) is 0 Å². The zero-order valence-corrected chi connectivity index (χ0v) is 15.0. The van der Waals surface area contributed by atoms with Crippen molar-refractivity contribution in [2.45, 2.75) is 91.8 Å². The van der Waals surface area contributed by atoms with Crippen LogP contribution in [0, 0.1) is 22.2 Å². The zero-order chi connectivity index (χ0) is 15.5. The summed E-state index contributed by atoms with van der Waals surface area (Å²) in [5.41, 5.74) is 1.31. The lowest BCUT2D eigenvalue weighted by Crippen LogP contribution is -2.67. The zero-order valence-electron chi connectivity index (χ0n) is 15.0. The highest BCUT2D eigenvalue weighted by atomic mass is 16.5. The fraction of sp³-hybridized carbons (Fsp3) is 1.00. The molecule has 2 bridgehead atoms. The molecule has 0 spiro atoms. The van der Waals surface area contributed by atoms with Crippen LogP contribution in [0.5, 0.6) is 0 Å². The molecule has 21 heavy (non-hydrogen) atoms. The maximum atomic E-state index is 5.98. The number of hydrogen-bond acceptors (Lipinski definition) is 2. The Balaban J connectivity index is 1.73. The Morgan fingerprint density at radius 2 is 1.86 bits per heavy atom. The van der Waals surface area contributed by atoms with E-state index in [1.54, 1.807) is 0 Å². The Morgan fingerprint density at radius 3 is 2.38 bits per heavy atom. The molecule has 2 heteroatoms. The third kappa shape index (κ3) is 2.12. The average molecular weight is 293 g/mol. The summed E-state index contributed by atoms with van der Waals surface area (Å²) in [5.74, 6) is 0.927. The lowest BCUT2D eigenvalue weighted by atomic mass is 9.59. The number of hydrogen-bond donors (Lipinski definition) is 1. The van der Waals surface area contributed by atoms with Gasteiger partial charge in [-0.25, -0.2) is 0 Å². The van der Waals surface area contributed by atoms with E-state index in [0.717, 1.165) is 12.5 Å². The molecule has 0 heterocycles. The van der Waals surface area contributed by atoms with Crippen molar-refractivity contribution in [1.82, 2.24) is 5.32 Å². The molecule has 3 aliphatic rings. The van der Waals surface area contributed by atoms with Crippen LogP contribution >= 0.6 is 0 Å². The van der Waals surface area contributed by atoms with E-state index in [-0.39, 0.29) is 0 Å². The summed E-state index contributed by atoms with van der Waals surface area (Å²) in [6, 6.07) is 1.32. The maximum absolute atomic E-state index is 5.98. The number of rotatable bonds is 5. The van der Waals surface area contributed by atoms with Crippen LogP contribution in [0.25, 0.3) is 0 Å². The number of fused-ring (bicyclic) bond motifs is 2. The molecule has 0 radical (unpaired) electrons. The first kappa shape index (κ1) is 15.8. The van der Waals surface area contributed by atoms with Crippen molar-refractivity contribution in [3.8, 4) is 0 Å². The Labute approximate surface area is 131 Å². The first-order chi connectivity index (χ1) is 9.78. The Bertz CT molecular complexity index is 402. The molecule has 0 amide bonds. The molecule has 0 aliphatic heterocycles. The molecular formula is C19H35NO. The highest BCUT2D eigenvalue weighted by Gasteiger charge is 2.61. The standard InChI is InChI=1S/C19H35NO/c1-7-19(6)14(11-15(19)21-8-2)20-16-17(3,4)13-9-10-18(16,5)12-13/h13-16,20H,7-12H2,1-6H3. The summed E-state index contributed by atoms with van der Waals surface area (Å²) in [7, 11) is 0. The van der Waals surface area contributed by atoms with E-state index < -0.39 is 0 Å². The maximum Gasteiger partial charge on any atom is 0.0658 e. The molecule has 6 atom stereocenters. The van der Waals surface area contributed by atoms with E-state index in [4.69, 9.17) is 4.74 Å². The van der Waals surface area contributed by atoms with Crippen molar-refractivity contribution in [1.29, 1.82) is 0 Å². The third-order valence-electron chi connectivity index (χ3n) is 7.75. The molecular weight excluding hydrogens is 258 g/mol. The summed E-state index contributed by atoms with van der Waals surface area (Å²) in [6.07, 6.45) is 7.16. The molecule has 2 nitrogen and oxygen atoms in total. The van der Waals surface area contributed by atoms with E-state index in [0.29, 0.717) is 34.4 Å². The molecule has 0 saturated heterocycles. The number of nitrogens with one attached hydrogen (secondary N) is 1. The van der Waals surface area contributed by atoms with Crippen LogP contribution in [0.1, 0.15) is 73.6 Å². The van der Waals surface area contributed by atoms with Crippen molar-refractivity contribution >= 4 is 0 Å². The predicted octanol–water partition coefficient (Wildman–Crippen LogP) is 4.38. The second-order valence-electron chi connectivity index (χ2n) is 9.11. The van der Waals surface area contributed by atoms with Crippen LogP contribution in [0.2, 0.25) is 0 Å². The molecule has 122 valence electrons. The first-order valence-corrected chi connectivity index (χ1v) is 9.15. The monoisotopic (exact) mass is 293 g/mol. The van der Waals surface area contributed by atoms with Gasteiger partial charge in [0.05, 0.1) is 6.10 Å². The summed E-state index contributed by atoms with van der Waals surface area (Å²) in [5, 5.41) is 4.13. The van der Waals surface area contributed by atoms with Gasteiger partial charge in [0.25, 0.3) is 0 Å². The fourth-order valence-corrected chi connectivity index (χ4v) is 5.93. The molecule has 3 aliphatic carbocycles. The smallest absolute Gasteiger partial charge is 0.0658 e. The normalized spacial score (nSPS) is 51.1. The van der Waals surface area contributed by atoms with Crippen molar-refractivity contribution in [3.63, 3.8) is 0 Å². The summed E-state index contributed by atoms with van der Waals surface area (Å²) in [4.78, 5) is 0. The van der Waals surface area contributed by atoms with Crippen molar-refractivity contribution < 1.29 is 4.74 Å². The van der Waals surface area contributed by atoms with Gasteiger partial charge >= 0.3 is 0 Å². The van der Waals surface area contributed by atoms with Gasteiger partial charge in [-0.05, 0) is 55.8 Å². The van der Waals surface area contributed by atoms with Crippen molar-refractivity contribution in [2.75, 3.05) is 6.61 Å². The number of ether oxygens (including phenoxy) is 1. The Hall–Kier alpha value is -0.0800. The van der Waals surface area contributed by atoms with E-state index in [2.05, 4.69) is 46.9 Å². The fourth-order valence-electron chi connectivity index (χ4n) is 5.93.